The number of aromatic nitrogens is 2. The Balaban J connectivity index is 2.10. The molecule has 0 atom stereocenters. The Kier molecular flexibility index (Phi) is 4.62. The molecular weight excluding hydrogens is 176 g/mol. The topological polar surface area (TPSA) is 44.0 Å². The highest BCUT2D eigenvalue weighted by Crippen LogP contribution is 1.93. The summed E-state index contributed by atoms with van der Waals surface area (Å²) in [7, 11) is 2.13. The van der Waals surface area contributed by atoms with E-state index in [-0.39, 0.29) is 0 Å². The van der Waals surface area contributed by atoms with Crippen molar-refractivity contribution in [2.75, 3.05) is 26.7 Å². The number of aromatic amines is 1. The fourth-order valence-electron chi connectivity index (χ4n) is 1.21. The zero-order chi connectivity index (χ0) is 10.4. The molecule has 0 bridgehead atoms. The minimum absolute atomic E-state index is 0.873. The van der Waals surface area contributed by atoms with Gasteiger partial charge in [-0.3, -0.25) is 0 Å². The molecule has 0 spiro atoms. The molecule has 1 rings (SSSR count). The molecular formula is C10H20N4. The summed E-state index contributed by atoms with van der Waals surface area (Å²) < 4.78 is 0. The smallest absolute Gasteiger partial charge is 0.103 e. The van der Waals surface area contributed by atoms with Crippen molar-refractivity contribution in [1.29, 1.82) is 0 Å². The third kappa shape index (κ3) is 3.89. The molecule has 0 aromatic carbocycles. The van der Waals surface area contributed by atoms with Crippen molar-refractivity contribution in [3.05, 3.63) is 17.7 Å². The Morgan fingerprint density at radius 2 is 2.36 bits per heavy atom. The van der Waals surface area contributed by atoms with Gasteiger partial charge in [-0.15, -0.1) is 0 Å². The fraction of sp³-hybridized carbons (Fsp3) is 0.700. The molecule has 14 heavy (non-hydrogen) atoms. The lowest BCUT2D eigenvalue weighted by Crippen LogP contribution is -2.28. The maximum absolute atomic E-state index is 4.14. The van der Waals surface area contributed by atoms with Crippen molar-refractivity contribution in [3.63, 3.8) is 0 Å². The van der Waals surface area contributed by atoms with Gasteiger partial charge in [0.15, 0.2) is 0 Å². The van der Waals surface area contributed by atoms with E-state index in [9.17, 15) is 0 Å². The number of hydrogen-bond acceptors (Lipinski definition) is 3. The van der Waals surface area contributed by atoms with Gasteiger partial charge < -0.3 is 15.2 Å². The number of imidazole rings is 1. The number of hydrogen-bond donors (Lipinski definition) is 2. The maximum atomic E-state index is 4.14. The minimum Gasteiger partial charge on any atom is -0.345 e. The standard InChI is InChI=1S/C10H20N4/c1-4-14(3)6-5-11-7-10-8-12-9(2)13-10/h8,11H,4-7H2,1-3H3,(H,12,13). The maximum Gasteiger partial charge on any atom is 0.103 e. The van der Waals surface area contributed by atoms with Crippen LogP contribution in [0.15, 0.2) is 6.20 Å². The van der Waals surface area contributed by atoms with E-state index in [1.54, 1.807) is 0 Å². The number of likely N-dealkylation sites (N-methyl/N-ethyl adjacent to an activating group) is 1. The second-order valence-corrected chi connectivity index (χ2v) is 3.57. The van der Waals surface area contributed by atoms with Gasteiger partial charge in [0.25, 0.3) is 0 Å². The van der Waals surface area contributed by atoms with Gasteiger partial charge in [-0.05, 0) is 20.5 Å². The molecule has 4 nitrogen and oxygen atoms in total. The van der Waals surface area contributed by atoms with E-state index in [4.69, 9.17) is 0 Å². The summed E-state index contributed by atoms with van der Waals surface area (Å²) in [5.74, 6) is 0.979. The van der Waals surface area contributed by atoms with Crippen LogP contribution in [0.2, 0.25) is 0 Å². The molecule has 2 N–H and O–H groups in total. The van der Waals surface area contributed by atoms with Gasteiger partial charge in [-0.1, -0.05) is 6.92 Å². The lowest BCUT2D eigenvalue weighted by Gasteiger charge is -2.13. The highest BCUT2D eigenvalue weighted by atomic mass is 15.1. The zero-order valence-electron chi connectivity index (χ0n) is 9.30. The van der Waals surface area contributed by atoms with Gasteiger partial charge in [0.1, 0.15) is 5.82 Å². The first-order chi connectivity index (χ1) is 6.72. The molecule has 0 radical (unpaired) electrons. The molecule has 0 aliphatic rings. The predicted molar refractivity (Wildman–Crippen MR) is 58.2 cm³/mol. The number of nitrogens with one attached hydrogen (secondary N) is 2. The third-order valence-corrected chi connectivity index (χ3v) is 2.28. The quantitative estimate of drug-likeness (QED) is 0.660. The highest BCUT2D eigenvalue weighted by Gasteiger charge is 1.96. The van der Waals surface area contributed by atoms with Crippen LogP contribution in [0.25, 0.3) is 0 Å². The van der Waals surface area contributed by atoms with Crippen LogP contribution in [0.3, 0.4) is 0 Å². The molecule has 0 amide bonds. The number of aryl methyl sites for hydroxylation is 1. The summed E-state index contributed by atoms with van der Waals surface area (Å²) in [5.41, 5.74) is 1.15. The van der Waals surface area contributed by atoms with Gasteiger partial charge in [0.05, 0.1) is 0 Å². The zero-order valence-corrected chi connectivity index (χ0v) is 9.30. The van der Waals surface area contributed by atoms with Crippen molar-refractivity contribution >= 4 is 0 Å². The monoisotopic (exact) mass is 196 g/mol. The molecule has 0 saturated heterocycles. The molecule has 0 fully saturated rings. The molecule has 0 aliphatic heterocycles. The van der Waals surface area contributed by atoms with Crippen LogP contribution in [0.1, 0.15) is 18.4 Å². The van der Waals surface area contributed by atoms with E-state index >= 15 is 0 Å². The molecule has 4 heteroatoms. The number of H-pyrrole nitrogens is 1. The largest absolute Gasteiger partial charge is 0.345 e. The van der Waals surface area contributed by atoms with Crippen LogP contribution in [-0.2, 0) is 6.54 Å². The van der Waals surface area contributed by atoms with E-state index in [0.29, 0.717) is 0 Å². The Morgan fingerprint density at radius 1 is 1.57 bits per heavy atom. The lowest BCUT2D eigenvalue weighted by molar-refractivity contribution is 0.348. The Bertz CT molecular complexity index is 256. The van der Waals surface area contributed by atoms with Crippen LogP contribution >= 0.6 is 0 Å². The summed E-state index contributed by atoms with van der Waals surface area (Å²) in [6.07, 6.45) is 1.88. The van der Waals surface area contributed by atoms with Crippen molar-refractivity contribution < 1.29 is 0 Å². The third-order valence-electron chi connectivity index (χ3n) is 2.28. The van der Waals surface area contributed by atoms with E-state index in [1.165, 1.54) is 0 Å². The summed E-state index contributed by atoms with van der Waals surface area (Å²) in [6, 6.07) is 0. The molecule has 1 aromatic heterocycles. The van der Waals surface area contributed by atoms with Crippen LogP contribution in [-0.4, -0.2) is 41.5 Å². The lowest BCUT2D eigenvalue weighted by atomic mass is 10.4. The van der Waals surface area contributed by atoms with Gasteiger partial charge in [0.2, 0.25) is 0 Å². The van der Waals surface area contributed by atoms with E-state index in [1.807, 2.05) is 13.1 Å². The molecule has 0 saturated carbocycles. The molecule has 0 unspecified atom stereocenters. The molecule has 0 aliphatic carbocycles. The fourth-order valence-corrected chi connectivity index (χ4v) is 1.21. The van der Waals surface area contributed by atoms with Gasteiger partial charge in [-0.25, -0.2) is 4.98 Å². The van der Waals surface area contributed by atoms with Crippen molar-refractivity contribution in [1.82, 2.24) is 20.2 Å². The molecule has 80 valence electrons. The first-order valence-electron chi connectivity index (χ1n) is 5.12. The second-order valence-electron chi connectivity index (χ2n) is 3.57. The van der Waals surface area contributed by atoms with Gasteiger partial charge in [0, 0.05) is 31.5 Å². The summed E-state index contributed by atoms with van der Waals surface area (Å²) in [6.45, 7) is 8.21. The van der Waals surface area contributed by atoms with Crippen LogP contribution in [0.4, 0.5) is 0 Å². The first-order valence-corrected chi connectivity index (χ1v) is 5.12. The Hall–Kier alpha value is -0.870. The Morgan fingerprint density at radius 3 is 2.93 bits per heavy atom. The van der Waals surface area contributed by atoms with E-state index in [2.05, 4.69) is 34.2 Å². The predicted octanol–water partition coefficient (Wildman–Crippen LogP) is 0.759. The first kappa shape index (κ1) is 11.2. The van der Waals surface area contributed by atoms with Gasteiger partial charge >= 0.3 is 0 Å². The Labute approximate surface area is 85.7 Å². The average Bonchev–Trinajstić information content (AvgIpc) is 2.58. The average molecular weight is 196 g/mol. The van der Waals surface area contributed by atoms with E-state index in [0.717, 1.165) is 37.7 Å². The second kappa shape index (κ2) is 5.78. The van der Waals surface area contributed by atoms with Crippen LogP contribution in [0.5, 0.6) is 0 Å². The highest BCUT2D eigenvalue weighted by molar-refractivity contribution is 4.99. The van der Waals surface area contributed by atoms with Crippen LogP contribution < -0.4 is 5.32 Å². The van der Waals surface area contributed by atoms with Crippen molar-refractivity contribution in [2.24, 2.45) is 0 Å². The number of nitrogens with zero attached hydrogens (tertiary/aromatic N) is 2. The molecule has 1 heterocycles. The van der Waals surface area contributed by atoms with E-state index < -0.39 is 0 Å². The summed E-state index contributed by atoms with van der Waals surface area (Å²) in [4.78, 5) is 9.61. The van der Waals surface area contributed by atoms with Gasteiger partial charge in [-0.2, -0.15) is 0 Å². The summed E-state index contributed by atoms with van der Waals surface area (Å²) in [5, 5.41) is 3.37. The normalized spacial score (nSPS) is 11.1. The summed E-state index contributed by atoms with van der Waals surface area (Å²) >= 11 is 0. The van der Waals surface area contributed by atoms with Crippen LogP contribution in [0, 0.1) is 6.92 Å². The number of rotatable bonds is 6. The minimum atomic E-state index is 0.873. The van der Waals surface area contributed by atoms with Crippen molar-refractivity contribution in [3.8, 4) is 0 Å². The SMILES string of the molecule is CCN(C)CCNCc1cnc(C)[nH]1. The molecule has 1 aromatic rings. The van der Waals surface area contributed by atoms with Crippen molar-refractivity contribution in [2.45, 2.75) is 20.4 Å².